The van der Waals surface area contributed by atoms with Crippen LogP contribution in [0.3, 0.4) is 0 Å². The summed E-state index contributed by atoms with van der Waals surface area (Å²) in [7, 11) is -3.08. The van der Waals surface area contributed by atoms with E-state index in [0.717, 1.165) is 25.7 Å². The molecule has 1 saturated carbocycles. The minimum atomic E-state index is -3.08. The van der Waals surface area contributed by atoms with Crippen molar-refractivity contribution in [3.8, 4) is 0 Å². The van der Waals surface area contributed by atoms with E-state index in [9.17, 15) is 8.42 Å². The van der Waals surface area contributed by atoms with Crippen LogP contribution in [0, 0.1) is 12.8 Å². The van der Waals surface area contributed by atoms with Crippen LogP contribution in [0.25, 0.3) is 0 Å². The molecule has 1 aliphatic rings. The molecule has 2 atom stereocenters. The predicted octanol–water partition coefficient (Wildman–Crippen LogP) is 2.65. The van der Waals surface area contributed by atoms with Gasteiger partial charge in [0.1, 0.15) is 0 Å². The Kier molecular flexibility index (Phi) is 4.63. The van der Waals surface area contributed by atoms with E-state index >= 15 is 0 Å². The molecule has 0 spiro atoms. The summed E-state index contributed by atoms with van der Waals surface area (Å²) >= 11 is 0. The van der Waals surface area contributed by atoms with Crippen molar-refractivity contribution in [1.29, 1.82) is 0 Å². The van der Waals surface area contributed by atoms with Crippen molar-refractivity contribution < 1.29 is 8.42 Å². The Bertz CT molecular complexity index is 507. The molecule has 0 aromatic heterocycles. The van der Waals surface area contributed by atoms with Gasteiger partial charge in [-0.3, -0.25) is 0 Å². The van der Waals surface area contributed by atoms with E-state index in [1.807, 2.05) is 0 Å². The van der Waals surface area contributed by atoms with E-state index < -0.39 is 10.0 Å². The first-order valence-corrected chi connectivity index (χ1v) is 8.71. The molecule has 0 aliphatic heterocycles. The smallest absolute Gasteiger partial charge is 0.211 e. The molecule has 0 radical (unpaired) electrons. The van der Waals surface area contributed by atoms with E-state index in [1.54, 1.807) is 6.92 Å². The minimum absolute atomic E-state index is 0.117. The monoisotopic (exact) mass is 281 g/mol. The van der Waals surface area contributed by atoms with Gasteiger partial charge in [-0.15, -0.1) is 0 Å². The fourth-order valence-electron chi connectivity index (χ4n) is 2.78. The molecule has 1 aromatic rings. The second-order valence-electron chi connectivity index (χ2n) is 5.51. The van der Waals surface area contributed by atoms with Gasteiger partial charge in [0, 0.05) is 6.04 Å². The highest BCUT2D eigenvalue weighted by atomic mass is 32.2. The molecule has 1 aliphatic carbocycles. The fraction of sp³-hybridized carbons (Fsp3) is 0.600. The van der Waals surface area contributed by atoms with Crippen molar-refractivity contribution in [2.75, 3.05) is 5.75 Å². The molecule has 3 nitrogen and oxygen atoms in total. The number of benzene rings is 1. The topological polar surface area (TPSA) is 46.2 Å². The lowest BCUT2D eigenvalue weighted by molar-refractivity contribution is 0.442. The summed E-state index contributed by atoms with van der Waals surface area (Å²) in [5.41, 5.74) is 2.57. The summed E-state index contributed by atoms with van der Waals surface area (Å²) in [4.78, 5) is 0. The highest BCUT2D eigenvalue weighted by molar-refractivity contribution is 7.89. The quantitative estimate of drug-likeness (QED) is 0.902. The van der Waals surface area contributed by atoms with Crippen LogP contribution in [0.4, 0.5) is 0 Å². The lowest BCUT2D eigenvalue weighted by Gasteiger charge is -2.20. The van der Waals surface area contributed by atoms with Crippen LogP contribution in [0.5, 0.6) is 0 Å². The molecule has 1 unspecified atom stereocenters. The molecule has 0 bridgehead atoms. The summed E-state index contributed by atoms with van der Waals surface area (Å²) in [6.45, 7) is 3.77. The van der Waals surface area contributed by atoms with Crippen molar-refractivity contribution in [3.63, 3.8) is 0 Å². The molecule has 0 heterocycles. The molecule has 1 fully saturated rings. The Morgan fingerprint density at radius 1 is 1.21 bits per heavy atom. The van der Waals surface area contributed by atoms with Gasteiger partial charge in [0.25, 0.3) is 0 Å². The Morgan fingerprint density at radius 3 is 2.53 bits per heavy atom. The van der Waals surface area contributed by atoms with Crippen LogP contribution in [0.1, 0.15) is 37.3 Å². The molecular formula is C15H23NO2S. The van der Waals surface area contributed by atoms with Crippen molar-refractivity contribution in [1.82, 2.24) is 4.72 Å². The summed E-state index contributed by atoms with van der Waals surface area (Å²) in [6, 6.07) is 8.66. The number of aryl methyl sites for hydroxylation is 1. The molecule has 0 saturated heterocycles. The van der Waals surface area contributed by atoms with Crippen LogP contribution in [-0.4, -0.2) is 20.2 Å². The van der Waals surface area contributed by atoms with Crippen molar-refractivity contribution >= 4 is 10.0 Å². The SMILES string of the molecule is CCS(=O)(=O)NC1CCC[C@@H]1Cc1ccc(C)cc1. The average molecular weight is 281 g/mol. The summed E-state index contributed by atoms with van der Waals surface area (Å²) in [5, 5.41) is 0. The maximum Gasteiger partial charge on any atom is 0.211 e. The van der Waals surface area contributed by atoms with Gasteiger partial charge in [0.2, 0.25) is 10.0 Å². The summed E-state index contributed by atoms with van der Waals surface area (Å²) in [5.74, 6) is 0.602. The van der Waals surface area contributed by atoms with Gasteiger partial charge in [-0.25, -0.2) is 13.1 Å². The standard InChI is InChI=1S/C15H23NO2S/c1-3-19(17,18)16-15-6-4-5-14(15)11-13-9-7-12(2)8-10-13/h7-10,14-16H,3-6,11H2,1-2H3/t14-,15?/m1/s1. The molecule has 4 heteroatoms. The van der Waals surface area contributed by atoms with Gasteiger partial charge in [0.15, 0.2) is 0 Å². The molecule has 2 rings (SSSR count). The zero-order valence-electron chi connectivity index (χ0n) is 11.7. The highest BCUT2D eigenvalue weighted by Crippen LogP contribution is 2.29. The third-order valence-corrected chi connectivity index (χ3v) is 5.41. The second-order valence-corrected chi connectivity index (χ2v) is 7.55. The fourth-order valence-corrected chi connectivity index (χ4v) is 3.72. The van der Waals surface area contributed by atoms with Gasteiger partial charge in [-0.2, -0.15) is 0 Å². The van der Waals surface area contributed by atoms with Crippen molar-refractivity contribution in [3.05, 3.63) is 35.4 Å². The van der Waals surface area contributed by atoms with Crippen LogP contribution in [0.15, 0.2) is 24.3 Å². The van der Waals surface area contributed by atoms with E-state index in [4.69, 9.17) is 0 Å². The maximum absolute atomic E-state index is 11.7. The first-order valence-electron chi connectivity index (χ1n) is 7.05. The van der Waals surface area contributed by atoms with Gasteiger partial charge >= 0.3 is 0 Å². The van der Waals surface area contributed by atoms with Gasteiger partial charge < -0.3 is 0 Å². The lowest BCUT2D eigenvalue weighted by Crippen LogP contribution is -2.38. The van der Waals surface area contributed by atoms with E-state index in [0.29, 0.717) is 5.92 Å². The number of sulfonamides is 1. The third-order valence-electron chi connectivity index (χ3n) is 3.99. The number of nitrogens with one attached hydrogen (secondary N) is 1. The van der Waals surface area contributed by atoms with Crippen LogP contribution >= 0.6 is 0 Å². The molecule has 0 amide bonds. The molecule has 1 N–H and O–H groups in total. The third kappa shape index (κ3) is 4.05. The minimum Gasteiger partial charge on any atom is -0.212 e. The number of rotatable bonds is 5. The van der Waals surface area contributed by atoms with Crippen LogP contribution in [0.2, 0.25) is 0 Å². The first kappa shape index (κ1) is 14.5. The van der Waals surface area contributed by atoms with Gasteiger partial charge in [0.05, 0.1) is 5.75 Å². The predicted molar refractivity (Wildman–Crippen MR) is 78.6 cm³/mol. The average Bonchev–Trinajstić information content (AvgIpc) is 2.79. The highest BCUT2D eigenvalue weighted by Gasteiger charge is 2.29. The van der Waals surface area contributed by atoms with Crippen LogP contribution in [-0.2, 0) is 16.4 Å². The van der Waals surface area contributed by atoms with Gasteiger partial charge in [-0.05, 0) is 44.6 Å². The maximum atomic E-state index is 11.7. The Hall–Kier alpha value is -0.870. The molecule has 1 aromatic carbocycles. The summed E-state index contributed by atoms with van der Waals surface area (Å²) < 4.78 is 26.2. The number of hydrogen-bond acceptors (Lipinski definition) is 2. The normalized spacial score (nSPS) is 23.7. The van der Waals surface area contributed by atoms with E-state index in [1.165, 1.54) is 11.1 Å². The molecular weight excluding hydrogens is 258 g/mol. The Morgan fingerprint density at radius 2 is 1.89 bits per heavy atom. The zero-order valence-corrected chi connectivity index (χ0v) is 12.5. The van der Waals surface area contributed by atoms with E-state index in [-0.39, 0.29) is 11.8 Å². The zero-order chi connectivity index (χ0) is 13.9. The van der Waals surface area contributed by atoms with Gasteiger partial charge in [-0.1, -0.05) is 36.2 Å². The molecule has 19 heavy (non-hydrogen) atoms. The number of hydrogen-bond donors (Lipinski definition) is 1. The lowest BCUT2D eigenvalue weighted by atomic mass is 9.95. The van der Waals surface area contributed by atoms with Crippen molar-refractivity contribution in [2.45, 2.75) is 45.6 Å². The van der Waals surface area contributed by atoms with E-state index in [2.05, 4.69) is 35.9 Å². The Balaban J connectivity index is 2.01. The first-order chi connectivity index (χ1) is 9.00. The second kappa shape index (κ2) is 6.06. The summed E-state index contributed by atoms with van der Waals surface area (Å²) in [6.07, 6.45) is 4.17. The Labute approximate surface area is 116 Å². The van der Waals surface area contributed by atoms with Crippen LogP contribution < -0.4 is 4.72 Å². The molecule has 106 valence electrons. The van der Waals surface area contributed by atoms with Crippen molar-refractivity contribution in [2.24, 2.45) is 5.92 Å². The largest absolute Gasteiger partial charge is 0.212 e.